The highest BCUT2D eigenvalue weighted by Gasteiger charge is 2.20. The minimum absolute atomic E-state index is 0.164. The van der Waals surface area contributed by atoms with E-state index in [-0.39, 0.29) is 11.4 Å². The predicted molar refractivity (Wildman–Crippen MR) is 80.8 cm³/mol. The second-order valence-corrected chi connectivity index (χ2v) is 6.43. The first-order chi connectivity index (χ1) is 8.77. The molecular weight excluding hydrogens is 304 g/mol. The number of hydrogen-bond donors (Lipinski definition) is 1. The van der Waals surface area contributed by atoms with Crippen LogP contribution in [0.5, 0.6) is 0 Å². The van der Waals surface area contributed by atoms with Gasteiger partial charge in [0.15, 0.2) is 5.82 Å². The standard InChI is InChI=1S/C14H17BrN4/c1-8-5-6-9(10(15)7-8)11-17-12(14(2,3)4)19-13(16)18-11/h5-7H,1-4H3,(H2,16,17,18,19). The Bertz CT molecular complexity index is 617. The van der Waals surface area contributed by atoms with E-state index in [1.165, 1.54) is 5.56 Å². The molecule has 2 N–H and O–H groups in total. The predicted octanol–water partition coefficient (Wildman–Crippen LogP) is 3.49. The Labute approximate surface area is 121 Å². The summed E-state index contributed by atoms with van der Waals surface area (Å²) < 4.78 is 0.956. The first kappa shape index (κ1) is 13.9. The van der Waals surface area contributed by atoms with Crippen molar-refractivity contribution in [3.8, 4) is 11.4 Å². The molecule has 0 aliphatic rings. The van der Waals surface area contributed by atoms with E-state index in [2.05, 4.69) is 51.7 Å². The lowest BCUT2D eigenvalue weighted by Gasteiger charge is -2.17. The summed E-state index contributed by atoms with van der Waals surface area (Å²) in [6.45, 7) is 8.19. The summed E-state index contributed by atoms with van der Waals surface area (Å²) in [5.41, 5.74) is 7.73. The van der Waals surface area contributed by atoms with Gasteiger partial charge in [0.25, 0.3) is 0 Å². The molecule has 0 aliphatic heterocycles. The molecule has 0 aliphatic carbocycles. The fraction of sp³-hybridized carbons (Fsp3) is 0.357. The zero-order valence-corrected chi connectivity index (χ0v) is 13.1. The molecule has 0 spiro atoms. The summed E-state index contributed by atoms with van der Waals surface area (Å²) in [5, 5.41) is 0. The van der Waals surface area contributed by atoms with Gasteiger partial charge in [-0.3, -0.25) is 0 Å². The molecule has 2 rings (SSSR count). The molecule has 1 heterocycles. The van der Waals surface area contributed by atoms with Crippen LogP contribution >= 0.6 is 15.9 Å². The van der Waals surface area contributed by atoms with Gasteiger partial charge >= 0.3 is 0 Å². The van der Waals surface area contributed by atoms with Crippen LogP contribution in [0.25, 0.3) is 11.4 Å². The number of aromatic nitrogens is 3. The largest absolute Gasteiger partial charge is 0.368 e. The number of hydrogen-bond acceptors (Lipinski definition) is 4. The maximum Gasteiger partial charge on any atom is 0.223 e. The molecule has 2 aromatic rings. The van der Waals surface area contributed by atoms with Crippen LogP contribution in [0.4, 0.5) is 5.95 Å². The van der Waals surface area contributed by atoms with Gasteiger partial charge in [-0.2, -0.15) is 9.97 Å². The molecular formula is C14H17BrN4. The van der Waals surface area contributed by atoms with Crippen LogP contribution in [-0.2, 0) is 5.41 Å². The lowest BCUT2D eigenvalue weighted by atomic mass is 9.96. The molecule has 0 fully saturated rings. The second-order valence-electron chi connectivity index (χ2n) is 5.57. The van der Waals surface area contributed by atoms with E-state index in [1.807, 2.05) is 25.1 Å². The zero-order chi connectivity index (χ0) is 14.2. The molecule has 0 atom stereocenters. The maximum absolute atomic E-state index is 5.80. The van der Waals surface area contributed by atoms with E-state index in [4.69, 9.17) is 5.73 Å². The zero-order valence-electron chi connectivity index (χ0n) is 11.5. The average Bonchev–Trinajstić information content (AvgIpc) is 2.26. The number of nitrogens with zero attached hydrogens (tertiary/aromatic N) is 3. The van der Waals surface area contributed by atoms with Crippen LogP contribution in [0, 0.1) is 6.92 Å². The minimum atomic E-state index is -0.164. The summed E-state index contributed by atoms with van der Waals surface area (Å²) in [6.07, 6.45) is 0. The quantitative estimate of drug-likeness (QED) is 0.873. The van der Waals surface area contributed by atoms with Crippen molar-refractivity contribution in [1.29, 1.82) is 0 Å². The highest BCUT2D eigenvalue weighted by Crippen LogP contribution is 2.28. The van der Waals surface area contributed by atoms with E-state index in [1.54, 1.807) is 0 Å². The Morgan fingerprint density at radius 3 is 2.37 bits per heavy atom. The molecule has 0 radical (unpaired) electrons. The molecule has 4 nitrogen and oxygen atoms in total. The van der Waals surface area contributed by atoms with E-state index in [0.29, 0.717) is 11.6 Å². The van der Waals surface area contributed by atoms with Gasteiger partial charge in [-0.15, -0.1) is 0 Å². The van der Waals surface area contributed by atoms with Crippen molar-refractivity contribution in [2.45, 2.75) is 33.1 Å². The fourth-order valence-corrected chi connectivity index (χ4v) is 2.32. The molecule has 0 saturated carbocycles. The molecule has 0 saturated heterocycles. The van der Waals surface area contributed by atoms with Crippen molar-refractivity contribution in [3.63, 3.8) is 0 Å². The molecule has 0 amide bonds. The van der Waals surface area contributed by atoms with Crippen LogP contribution in [0.3, 0.4) is 0 Å². The molecule has 100 valence electrons. The summed E-state index contributed by atoms with van der Waals surface area (Å²) >= 11 is 3.54. The maximum atomic E-state index is 5.80. The third kappa shape index (κ3) is 3.10. The smallest absolute Gasteiger partial charge is 0.223 e. The minimum Gasteiger partial charge on any atom is -0.368 e. The van der Waals surface area contributed by atoms with Gasteiger partial charge in [-0.25, -0.2) is 4.98 Å². The summed E-state index contributed by atoms with van der Waals surface area (Å²) in [7, 11) is 0. The van der Waals surface area contributed by atoms with Crippen LogP contribution < -0.4 is 5.73 Å². The molecule has 0 unspecified atom stereocenters. The highest BCUT2D eigenvalue weighted by molar-refractivity contribution is 9.10. The number of nitrogen functional groups attached to an aromatic ring is 1. The first-order valence-electron chi connectivity index (χ1n) is 6.06. The van der Waals surface area contributed by atoms with Gasteiger partial charge < -0.3 is 5.73 Å². The van der Waals surface area contributed by atoms with Crippen molar-refractivity contribution in [2.24, 2.45) is 0 Å². The Kier molecular flexibility index (Phi) is 3.58. The van der Waals surface area contributed by atoms with Crippen molar-refractivity contribution < 1.29 is 0 Å². The molecule has 1 aromatic carbocycles. The van der Waals surface area contributed by atoms with Gasteiger partial charge in [0, 0.05) is 15.5 Å². The monoisotopic (exact) mass is 320 g/mol. The van der Waals surface area contributed by atoms with Gasteiger partial charge in [0.05, 0.1) is 0 Å². The van der Waals surface area contributed by atoms with E-state index in [0.717, 1.165) is 10.0 Å². The lowest BCUT2D eigenvalue weighted by Crippen LogP contribution is -2.18. The summed E-state index contributed by atoms with van der Waals surface area (Å²) in [5.74, 6) is 1.55. The summed E-state index contributed by atoms with van der Waals surface area (Å²) in [4.78, 5) is 13.0. The Morgan fingerprint density at radius 2 is 1.79 bits per heavy atom. The van der Waals surface area contributed by atoms with Gasteiger partial charge in [0.2, 0.25) is 5.95 Å². The number of rotatable bonds is 1. The molecule has 0 bridgehead atoms. The van der Waals surface area contributed by atoms with Crippen molar-refractivity contribution in [1.82, 2.24) is 15.0 Å². The number of nitrogens with two attached hydrogens (primary N) is 1. The highest BCUT2D eigenvalue weighted by atomic mass is 79.9. The van der Waals surface area contributed by atoms with Crippen LogP contribution in [0.15, 0.2) is 22.7 Å². The van der Waals surface area contributed by atoms with Gasteiger partial charge in [0.1, 0.15) is 5.82 Å². The third-order valence-corrected chi connectivity index (χ3v) is 3.35. The van der Waals surface area contributed by atoms with Gasteiger partial charge in [-0.1, -0.05) is 42.8 Å². The molecule has 19 heavy (non-hydrogen) atoms. The van der Waals surface area contributed by atoms with Crippen LogP contribution in [0.2, 0.25) is 0 Å². The Balaban J connectivity index is 2.59. The van der Waals surface area contributed by atoms with Gasteiger partial charge in [-0.05, 0) is 24.6 Å². The first-order valence-corrected chi connectivity index (χ1v) is 6.85. The Hall–Kier alpha value is -1.49. The van der Waals surface area contributed by atoms with Crippen molar-refractivity contribution in [2.75, 3.05) is 5.73 Å². The Morgan fingerprint density at radius 1 is 1.11 bits per heavy atom. The normalized spacial score (nSPS) is 11.6. The fourth-order valence-electron chi connectivity index (χ4n) is 1.65. The van der Waals surface area contributed by atoms with E-state index in [9.17, 15) is 0 Å². The SMILES string of the molecule is Cc1ccc(-c2nc(N)nc(C(C)(C)C)n2)c(Br)c1. The van der Waals surface area contributed by atoms with Crippen molar-refractivity contribution in [3.05, 3.63) is 34.1 Å². The van der Waals surface area contributed by atoms with E-state index >= 15 is 0 Å². The number of aryl methyl sites for hydroxylation is 1. The van der Waals surface area contributed by atoms with E-state index < -0.39 is 0 Å². The molecule has 5 heteroatoms. The average molecular weight is 321 g/mol. The van der Waals surface area contributed by atoms with Crippen LogP contribution in [-0.4, -0.2) is 15.0 Å². The number of halogens is 1. The topological polar surface area (TPSA) is 64.7 Å². The number of benzene rings is 1. The number of anilines is 1. The van der Waals surface area contributed by atoms with Crippen LogP contribution in [0.1, 0.15) is 32.2 Å². The third-order valence-electron chi connectivity index (χ3n) is 2.69. The molecule has 1 aromatic heterocycles. The lowest BCUT2D eigenvalue weighted by molar-refractivity contribution is 0.544. The second kappa shape index (κ2) is 4.89. The van der Waals surface area contributed by atoms with Crippen molar-refractivity contribution >= 4 is 21.9 Å². The summed E-state index contributed by atoms with van der Waals surface area (Å²) in [6, 6.07) is 6.05.